The van der Waals surface area contributed by atoms with Gasteiger partial charge in [0.25, 0.3) is 0 Å². The van der Waals surface area contributed by atoms with Crippen LogP contribution in [0.3, 0.4) is 0 Å². The van der Waals surface area contributed by atoms with E-state index < -0.39 is 15.8 Å². The van der Waals surface area contributed by atoms with Crippen molar-refractivity contribution in [1.29, 1.82) is 0 Å². The number of nitrogens with zero attached hydrogens (tertiary/aromatic N) is 3. The lowest BCUT2D eigenvalue weighted by atomic mass is 10.1. The molecule has 6 nitrogen and oxygen atoms in total. The summed E-state index contributed by atoms with van der Waals surface area (Å²) in [5.41, 5.74) is 2.25. The van der Waals surface area contributed by atoms with Crippen molar-refractivity contribution < 1.29 is 17.6 Å². The second-order valence-corrected chi connectivity index (χ2v) is 9.83. The standard InChI is InChI=1S/C22H26FN3O3S/c1-17-5-4-6-18(15-17)16-25-12-11-24-13-14-26(10-9-20(24)22(25)27)30(28,29)21-8-3-2-7-19(21)23/h2-8,15,20H,9-14,16H2,1H3. The summed E-state index contributed by atoms with van der Waals surface area (Å²) in [6.45, 7) is 4.81. The number of aryl methyl sites for hydroxylation is 1. The maximum absolute atomic E-state index is 14.1. The minimum atomic E-state index is -3.94. The molecule has 2 saturated heterocycles. The summed E-state index contributed by atoms with van der Waals surface area (Å²) >= 11 is 0. The topological polar surface area (TPSA) is 60.9 Å². The maximum atomic E-state index is 14.1. The third-order valence-electron chi connectivity index (χ3n) is 5.89. The summed E-state index contributed by atoms with van der Waals surface area (Å²) in [5, 5.41) is 0. The number of halogens is 1. The number of piperazine rings is 1. The van der Waals surface area contributed by atoms with Crippen molar-refractivity contribution in [2.75, 3.05) is 32.7 Å². The van der Waals surface area contributed by atoms with E-state index >= 15 is 0 Å². The lowest BCUT2D eigenvalue weighted by molar-refractivity contribution is -0.142. The van der Waals surface area contributed by atoms with Gasteiger partial charge in [-0.2, -0.15) is 4.31 Å². The Labute approximate surface area is 176 Å². The van der Waals surface area contributed by atoms with Gasteiger partial charge in [0, 0.05) is 39.3 Å². The van der Waals surface area contributed by atoms with Gasteiger partial charge in [0.15, 0.2) is 0 Å². The monoisotopic (exact) mass is 431 g/mol. The van der Waals surface area contributed by atoms with Gasteiger partial charge in [0.1, 0.15) is 10.7 Å². The average Bonchev–Trinajstić information content (AvgIpc) is 2.94. The van der Waals surface area contributed by atoms with Crippen LogP contribution in [0.2, 0.25) is 0 Å². The van der Waals surface area contributed by atoms with Crippen LogP contribution in [-0.4, -0.2) is 67.2 Å². The van der Waals surface area contributed by atoms with E-state index in [1.165, 1.54) is 22.5 Å². The first-order valence-corrected chi connectivity index (χ1v) is 11.6. The second-order valence-electron chi connectivity index (χ2n) is 7.92. The number of benzene rings is 2. The van der Waals surface area contributed by atoms with Crippen LogP contribution in [0.4, 0.5) is 4.39 Å². The molecule has 0 bridgehead atoms. The molecular weight excluding hydrogens is 405 g/mol. The minimum Gasteiger partial charge on any atom is -0.336 e. The Morgan fingerprint density at radius 2 is 1.77 bits per heavy atom. The Kier molecular flexibility index (Phi) is 5.90. The van der Waals surface area contributed by atoms with Crippen LogP contribution in [0.15, 0.2) is 53.4 Å². The summed E-state index contributed by atoms with van der Waals surface area (Å²) < 4.78 is 41.3. The highest BCUT2D eigenvalue weighted by atomic mass is 32.2. The van der Waals surface area contributed by atoms with Gasteiger partial charge in [-0.1, -0.05) is 42.0 Å². The lowest BCUT2D eigenvalue weighted by Gasteiger charge is -2.39. The van der Waals surface area contributed by atoms with Gasteiger partial charge in [0.2, 0.25) is 15.9 Å². The van der Waals surface area contributed by atoms with Crippen molar-refractivity contribution in [1.82, 2.24) is 14.1 Å². The van der Waals surface area contributed by atoms with Gasteiger partial charge in [-0.3, -0.25) is 9.69 Å². The van der Waals surface area contributed by atoms with Crippen LogP contribution in [0.25, 0.3) is 0 Å². The number of fused-ring (bicyclic) bond motifs is 1. The minimum absolute atomic E-state index is 0.0351. The van der Waals surface area contributed by atoms with E-state index in [9.17, 15) is 17.6 Å². The fourth-order valence-electron chi connectivity index (χ4n) is 4.30. The third kappa shape index (κ3) is 4.12. The van der Waals surface area contributed by atoms with Gasteiger partial charge in [-0.15, -0.1) is 0 Å². The fourth-order valence-corrected chi connectivity index (χ4v) is 5.81. The smallest absolute Gasteiger partial charge is 0.246 e. The molecule has 0 radical (unpaired) electrons. The van der Waals surface area contributed by atoms with E-state index in [4.69, 9.17) is 0 Å². The summed E-state index contributed by atoms with van der Waals surface area (Å²) in [6.07, 6.45) is 0.400. The highest BCUT2D eigenvalue weighted by Gasteiger charge is 2.39. The Balaban J connectivity index is 1.48. The van der Waals surface area contributed by atoms with E-state index in [0.717, 1.165) is 17.2 Å². The molecule has 2 aromatic carbocycles. The zero-order valence-electron chi connectivity index (χ0n) is 17.0. The van der Waals surface area contributed by atoms with Crippen molar-refractivity contribution in [3.8, 4) is 0 Å². The van der Waals surface area contributed by atoms with E-state index in [2.05, 4.69) is 11.0 Å². The number of amides is 1. The van der Waals surface area contributed by atoms with Gasteiger partial charge in [-0.25, -0.2) is 12.8 Å². The number of hydrogen-bond acceptors (Lipinski definition) is 4. The summed E-state index contributed by atoms with van der Waals surface area (Å²) in [4.78, 5) is 16.8. The summed E-state index contributed by atoms with van der Waals surface area (Å²) in [7, 11) is -3.94. The molecule has 30 heavy (non-hydrogen) atoms. The van der Waals surface area contributed by atoms with Crippen molar-refractivity contribution in [2.45, 2.75) is 30.8 Å². The predicted octanol–water partition coefficient (Wildman–Crippen LogP) is 2.24. The molecular formula is C22H26FN3O3S. The first kappa shape index (κ1) is 21.0. The molecule has 2 heterocycles. The summed E-state index contributed by atoms with van der Waals surface area (Å²) in [5.74, 6) is -0.715. The molecule has 2 aromatic rings. The normalized spacial score (nSPS) is 21.3. The van der Waals surface area contributed by atoms with Crippen LogP contribution < -0.4 is 0 Å². The van der Waals surface area contributed by atoms with Crippen LogP contribution >= 0.6 is 0 Å². The molecule has 0 saturated carbocycles. The number of carbonyl (C=O) groups is 1. The van der Waals surface area contributed by atoms with Crippen LogP contribution in [0, 0.1) is 12.7 Å². The van der Waals surface area contributed by atoms with Gasteiger partial charge >= 0.3 is 0 Å². The Morgan fingerprint density at radius 3 is 2.53 bits per heavy atom. The van der Waals surface area contributed by atoms with E-state index in [1.54, 1.807) is 0 Å². The highest BCUT2D eigenvalue weighted by Crippen LogP contribution is 2.25. The van der Waals surface area contributed by atoms with Crippen molar-refractivity contribution in [3.63, 3.8) is 0 Å². The molecule has 0 aliphatic carbocycles. The molecule has 1 atom stereocenters. The van der Waals surface area contributed by atoms with E-state index in [1.807, 2.05) is 30.0 Å². The zero-order chi connectivity index (χ0) is 21.3. The average molecular weight is 432 g/mol. The highest BCUT2D eigenvalue weighted by molar-refractivity contribution is 7.89. The van der Waals surface area contributed by atoms with Crippen molar-refractivity contribution in [3.05, 3.63) is 65.5 Å². The SMILES string of the molecule is Cc1cccc(CN2CCN3CCN(S(=O)(=O)c4ccccc4F)CCC3C2=O)c1. The van der Waals surface area contributed by atoms with Gasteiger partial charge in [0.05, 0.1) is 6.04 Å². The molecule has 1 unspecified atom stereocenters. The van der Waals surface area contributed by atoms with E-state index in [0.29, 0.717) is 32.6 Å². The van der Waals surface area contributed by atoms with Crippen LogP contribution in [-0.2, 0) is 21.4 Å². The molecule has 0 aromatic heterocycles. The molecule has 4 rings (SSSR count). The Morgan fingerprint density at radius 1 is 1.00 bits per heavy atom. The van der Waals surface area contributed by atoms with Crippen LogP contribution in [0.1, 0.15) is 17.5 Å². The molecule has 2 fully saturated rings. The number of hydrogen-bond donors (Lipinski definition) is 0. The number of carbonyl (C=O) groups excluding carboxylic acids is 1. The number of rotatable bonds is 4. The first-order chi connectivity index (χ1) is 14.4. The van der Waals surface area contributed by atoms with Crippen molar-refractivity contribution in [2.24, 2.45) is 0 Å². The van der Waals surface area contributed by atoms with Crippen molar-refractivity contribution >= 4 is 15.9 Å². The molecule has 160 valence electrons. The molecule has 0 spiro atoms. The number of sulfonamides is 1. The molecule has 8 heteroatoms. The largest absolute Gasteiger partial charge is 0.336 e. The molecule has 0 N–H and O–H groups in total. The Bertz CT molecular complexity index is 1040. The van der Waals surface area contributed by atoms with Gasteiger partial charge < -0.3 is 4.90 Å². The van der Waals surface area contributed by atoms with E-state index in [-0.39, 0.29) is 29.9 Å². The maximum Gasteiger partial charge on any atom is 0.246 e. The Hall–Kier alpha value is -2.29. The molecule has 1 amide bonds. The third-order valence-corrected chi connectivity index (χ3v) is 7.83. The molecule has 2 aliphatic heterocycles. The van der Waals surface area contributed by atoms with Gasteiger partial charge in [-0.05, 0) is 31.0 Å². The second kappa shape index (κ2) is 8.45. The fraction of sp³-hybridized carbons (Fsp3) is 0.409. The first-order valence-electron chi connectivity index (χ1n) is 10.2. The zero-order valence-corrected chi connectivity index (χ0v) is 17.8. The summed E-state index contributed by atoms with van der Waals surface area (Å²) in [6, 6.07) is 13.2. The quantitative estimate of drug-likeness (QED) is 0.745. The molecule has 2 aliphatic rings. The lowest BCUT2D eigenvalue weighted by Crippen LogP contribution is -2.56. The predicted molar refractivity (Wildman–Crippen MR) is 112 cm³/mol. The van der Waals surface area contributed by atoms with Crippen LogP contribution in [0.5, 0.6) is 0 Å².